The van der Waals surface area contributed by atoms with E-state index in [0.717, 1.165) is 41.4 Å². The summed E-state index contributed by atoms with van der Waals surface area (Å²) in [5.41, 5.74) is 4.21. The maximum atomic E-state index is 14.6. The molecule has 2 fully saturated rings. The van der Waals surface area contributed by atoms with Crippen LogP contribution in [0.3, 0.4) is 0 Å². The van der Waals surface area contributed by atoms with E-state index in [2.05, 4.69) is 20.6 Å². The van der Waals surface area contributed by atoms with E-state index < -0.39 is 11.2 Å². The third-order valence-electron chi connectivity index (χ3n) is 9.08. The van der Waals surface area contributed by atoms with Crippen LogP contribution in [-0.4, -0.2) is 61.5 Å². The number of fused-ring (bicyclic) bond motifs is 3. The molecule has 1 aromatic carbocycles. The summed E-state index contributed by atoms with van der Waals surface area (Å²) in [6, 6.07) is 9.50. The van der Waals surface area contributed by atoms with Gasteiger partial charge in [0.1, 0.15) is 11.6 Å². The minimum absolute atomic E-state index is 0.0330. The van der Waals surface area contributed by atoms with Gasteiger partial charge >= 0.3 is 0 Å². The normalized spacial score (nSPS) is 21.0. The summed E-state index contributed by atoms with van der Waals surface area (Å²) >= 11 is 0. The number of rotatable bonds is 5. The molecule has 43 heavy (non-hydrogen) atoms. The van der Waals surface area contributed by atoms with E-state index >= 15 is 0 Å². The van der Waals surface area contributed by atoms with Crippen LogP contribution in [0.2, 0.25) is 0 Å². The van der Waals surface area contributed by atoms with Crippen LogP contribution in [0, 0.1) is 5.82 Å². The Kier molecular flexibility index (Phi) is 6.65. The summed E-state index contributed by atoms with van der Waals surface area (Å²) in [7, 11) is 0. The third-order valence-corrected chi connectivity index (χ3v) is 9.08. The Morgan fingerprint density at radius 2 is 2.00 bits per heavy atom. The lowest BCUT2D eigenvalue weighted by Crippen LogP contribution is -2.50. The van der Waals surface area contributed by atoms with Gasteiger partial charge in [0.2, 0.25) is 5.91 Å². The smallest absolute Gasteiger partial charge is 0.251 e. The first-order chi connectivity index (χ1) is 20.7. The molecular weight excluding hydrogens is 549 g/mol. The number of halogens is 1. The molecule has 0 radical (unpaired) electrons. The molecule has 2 saturated heterocycles. The first kappa shape index (κ1) is 27.5. The van der Waals surface area contributed by atoms with Gasteiger partial charge in [-0.1, -0.05) is 12.1 Å². The lowest BCUT2D eigenvalue weighted by atomic mass is 9.73. The topological polar surface area (TPSA) is 114 Å². The summed E-state index contributed by atoms with van der Waals surface area (Å²) in [5.74, 6) is -0.0118. The van der Waals surface area contributed by atoms with Gasteiger partial charge in [-0.25, -0.2) is 14.4 Å². The first-order valence-corrected chi connectivity index (χ1v) is 14.9. The van der Waals surface area contributed by atoms with Gasteiger partial charge < -0.3 is 24.8 Å². The molecule has 2 atom stereocenters. The van der Waals surface area contributed by atoms with E-state index in [1.165, 1.54) is 6.20 Å². The van der Waals surface area contributed by atoms with Gasteiger partial charge in [-0.15, -0.1) is 0 Å². The van der Waals surface area contributed by atoms with Crippen LogP contribution in [0.1, 0.15) is 58.1 Å². The third kappa shape index (κ3) is 4.62. The average molecular weight is 584 g/mol. The Morgan fingerprint density at radius 1 is 1.19 bits per heavy atom. The Hall–Kier alpha value is -4.38. The molecule has 0 bridgehead atoms. The number of carbonyl (C=O) groups excluding carboxylic acids is 2. The predicted molar refractivity (Wildman–Crippen MR) is 161 cm³/mol. The molecule has 222 valence electrons. The highest BCUT2D eigenvalue weighted by atomic mass is 19.1. The van der Waals surface area contributed by atoms with Crippen molar-refractivity contribution in [3.63, 3.8) is 0 Å². The van der Waals surface area contributed by atoms with Gasteiger partial charge in [-0.05, 0) is 70.2 Å². The lowest BCUT2D eigenvalue weighted by molar-refractivity contribution is -0.145. The number of piperidine rings is 1. The number of imidazole rings is 1. The van der Waals surface area contributed by atoms with E-state index in [-0.39, 0.29) is 35.8 Å². The minimum Gasteiger partial charge on any atom is -0.365 e. The molecule has 0 unspecified atom stereocenters. The molecule has 10 nitrogen and oxygen atoms in total. The number of nitrogens with one attached hydrogen (secondary N) is 2. The number of hydrogen-bond acceptors (Lipinski definition) is 7. The van der Waals surface area contributed by atoms with Gasteiger partial charge in [0.15, 0.2) is 11.6 Å². The number of amides is 2. The molecule has 1 spiro atoms. The number of hydrogen-bond donors (Lipinski definition) is 2. The maximum Gasteiger partial charge on any atom is 0.251 e. The summed E-state index contributed by atoms with van der Waals surface area (Å²) in [4.78, 5) is 41.7. The van der Waals surface area contributed by atoms with Crippen molar-refractivity contribution in [2.75, 3.05) is 23.7 Å². The molecular formula is C32H34FN7O3. The largest absolute Gasteiger partial charge is 0.365 e. The van der Waals surface area contributed by atoms with E-state index in [4.69, 9.17) is 9.72 Å². The van der Waals surface area contributed by atoms with Crippen LogP contribution in [0.4, 0.5) is 21.6 Å². The second-order valence-electron chi connectivity index (χ2n) is 12.1. The van der Waals surface area contributed by atoms with Gasteiger partial charge in [0.05, 0.1) is 40.9 Å². The van der Waals surface area contributed by atoms with Crippen molar-refractivity contribution in [1.29, 1.82) is 0 Å². The van der Waals surface area contributed by atoms with Crippen molar-refractivity contribution in [1.82, 2.24) is 24.4 Å². The fourth-order valence-electron chi connectivity index (χ4n) is 6.67. The quantitative estimate of drug-likeness (QED) is 0.326. The van der Waals surface area contributed by atoms with Crippen LogP contribution in [0.15, 0.2) is 49.1 Å². The molecule has 3 aliphatic heterocycles. The fraction of sp³-hybridized carbons (Fsp3) is 0.406. The lowest BCUT2D eigenvalue weighted by Gasteiger charge is -2.38. The van der Waals surface area contributed by atoms with Crippen molar-refractivity contribution < 1.29 is 18.7 Å². The monoisotopic (exact) mass is 583 g/mol. The Morgan fingerprint density at radius 3 is 2.72 bits per heavy atom. The Bertz CT molecular complexity index is 1740. The van der Waals surface area contributed by atoms with Gasteiger partial charge in [-0.3, -0.25) is 14.6 Å². The van der Waals surface area contributed by atoms with Gasteiger partial charge in [-0.2, -0.15) is 0 Å². The van der Waals surface area contributed by atoms with Gasteiger partial charge in [0.25, 0.3) is 5.91 Å². The van der Waals surface area contributed by atoms with E-state index in [1.54, 1.807) is 12.4 Å². The maximum absolute atomic E-state index is 14.6. The average Bonchev–Trinajstić information content (AvgIpc) is 3.70. The van der Waals surface area contributed by atoms with Gasteiger partial charge in [0, 0.05) is 36.6 Å². The number of pyridine rings is 2. The van der Waals surface area contributed by atoms with Crippen molar-refractivity contribution in [3.05, 3.63) is 60.4 Å². The van der Waals surface area contributed by atoms with Crippen LogP contribution in [0.5, 0.6) is 0 Å². The van der Waals surface area contributed by atoms with Crippen molar-refractivity contribution in [2.45, 2.75) is 70.1 Å². The summed E-state index contributed by atoms with van der Waals surface area (Å²) in [6.07, 6.45) is 6.94. The van der Waals surface area contributed by atoms with Crippen LogP contribution in [0.25, 0.3) is 22.3 Å². The molecule has 11 heteroatoms. The molecule has 3 aliphatic rings. The molecule has 2 amide bonds. The highest BCUT2D eigenvalue weighted by molar-refractivity contribution is 6.07. The summed E-state index contributed by atoms with van der Waals surface area (Å²) in [5, 5.41) is 6.26. The van der Waals surface area contributed by atoms with E-state index in [1.807, 2.05) is 54.5 Å². The number of carbonyl (C=O) groups is 2. The summed E-state index contributed by atoms with van der Waals surface area (Å²) in [6.45, 7) is 7.12. The molecule has 0 aliphatic carbocycles. The van der Waals surface area contributed by atoms with Crippen LogP contribution >= 0.6 is 0 Å². The number of anilines is 3. The zero-order valence-corrected chi connectivity index (χ0v) is 24.4. The van der Waals surface area contributed by atoms with Crippen LogP contribution < -0.4 is 10.6 Å². The number of likely N-dealkylation sites (tertiary alicyclic amines) is 1. The minimum atomic E-state index is -0.673. The Labute approximate surface area is 248 Å². The highest BCUT2D eigenvalue weighted by Crippen LogP contribution is 2.46. The number of benzene rings is 1. The zero-order chi connectivity index (χ0) is 29.9. The zero-order valence-electron chi connectivity index (χ0n) is 24.4. The first-order valence-electron chi connectivity index (χ1n) is 14.9. The number of ether oxygens (including phenoxy) is 1. The molecule has 4 aromatic rings. The molecule has 6 heterocycles. The van der Waals surface area contributed by atoms with Crippen molar-refractivity contribution in [2.24, 2.45) is 0 Å². The number of nitrogens with zero attached hydrogens (tertiary/aromatic N) is 5. The number of aromatic nitrogens is 4. The molecule has 7 rings (SSSR count). The highest BCUT2D eigenvalue weighted by Gasteiger charge is 2.49. The second kappa shape index (κ2) is 10.4. The fourth-order valence-corrected chi connectivity index (χ4v) is 6.67. The van der Waals surface area contributed by atoms with Crippen molar-refractivity contribution in [3.8, 4) is 11.3 Å². The molecule has 3 aromatic heterocycles. The summed E-state index contributed by atoms with van der Waals surface area (Å²) < 4.78 is 22.4. The molecule has 0 saturated carbocycles. The predicted octanol–water partition coefficient (Wildman–Crippen LogP) is 5.34. The second-order valence-corrected chi connectivity index (χ2v) is 12.1. The standard InChI is InChI=1S/C32H34FN7O3/c1-18(2)40-17-35-26-15-24(37-29(28(26)40)36-23-8-11-34-16-22(23)33)20-5-6-21-25(14-20)38-31(42)32(21)9-12-39(13-10-32)30(41)27-7-4-19(3)43-27/h5-6,8,11,14-19,27H,4,7,9-10,12-13H2,1-3H3,(H,38,42)(H,34,36,37)/t19-,27-/m1/s1. The Balaban J connectivity index is 1.19. The van der Waals surface area contributed by atoms with E-state index in [0.29, 0.717) is 43.0 Å². The van der Waals surface area contributed by atoms with Crippen LogP contribution in [-0.2, 0) is 19.7 Å². The van der Waals surface area contributed by atoms with E-state index in [9.17, 15) is 14.0 Å². The molecule has 2 N–H and O–H groups in total. The van der Waals surface area contributed by atoms with Crippen molar-refractivity contribution >= 4 is 40.0 Å². The SMILES string of the molecule is CC(C)n1cnc2cc(-c3ccc4c(c3)NC(=O)C43CCN(C(=O)[C@H]4CC[C@@H](C)O4)CC3)nc(Nc3ccncc3F)c21.